The summed E-state index contributed by atoms with van der Waals surface area (Å²) in [6, 6.07) is 0. The van der Waals surface area contributed by atoms with Gasteiger partial charge in [0.25, 0.3) is 0 Å². The van der Waals surface area contributed by atoms with Crippen molar-refractivity contribution in [2.45, 2.75) is 32.3 Å². The van der Waals surface area contributed by atoms with Crippen molar-refractivity contribution < 1.29 is 9.53 Å². The van der Waals surface area contributed by atoms with Gasteiger partial charge < -0.3 is 9.53 Å². The Labute approximate surface area is 81.8 Å². The molecule has 0 aliphatic carbocycles. The molecule has 0 saturated heterocycles. The molecule has 0 rings (SSSR count). The molecule has 0 bridgehead atoms. The first-order valence-corrected chi connectivity index (χ1v) is 5.17. The van der Waals surface area contributed by atoms with Crippen LogP contribution in [0.3, 0.4) is 0 Å². The zero-order valence-electron chi connectivity index (χ0n) is 7.32. The van der Waals surface area contributed by atoms with Crippen molar-refractivity contribution in [3.05, 3.63) is 0 Å². The van der Waals surface area contributed by atoms with Gasteiger partial charge in [0.1, 0.15) is 5.78 Å². The number of carbonyl (C=O) groups excluding carboxylic acids is 1. The Kier molecular flexibility index (Phi) is 5.25. The molecule has 0 fully saturated rings. The SMILES string of the molecule is COC(C)(CI)CCC(C)=O. The molecule has 0 heterocycles. The van der Waals surface area contributed by atoms with E-state index in [2.05, 4.69) is 22.6 Å². The predicted molar refractivity (Wildman–Crippen MR) is 54.2 cm³/mol. The smallest absolute Gasteiger partial charge is 0.129 e. The first kappa shape index (κ1) is 11.4. The monoisotopic (exact) mass is 270 g/mol. The van der Waals surface area contributed by atoms with Gasteiger partial charge in [-0.15, -0.1) is 0 Å². The summed E-state index contributed by atoms with van der Waals surface area (Å²) in [6.45, 7) is 3.64. The zero-order chi connectivity index (χ0) is 8.91. The van der Waals surface area contributed by atoms with Crippen LogP contribution in [0.5, 0.6) is 0 Å². The van der Waals surface area contributed by atoms with Crippen molar-refractivity contribution in [1.82, 2.24) is 0 Å². The Morgan fingerprint density at radius 2 is 2.18 bits per heavy atom. The second-order valence-electron chi connectivity index (χ2n) is 2.99. The quantitative estimate of drug-likeness (QED) is 0.565. The molecule has 0 spiro atoms. The third kappa shape index (κ3) is 4.74. The minimum absolute atomic E-state index is 0.119. The van der Waals surface area contributed by atoms with Crippen molar-refractivity contribution in [3.63, 3.8) is 0 Å². The van der Waals surface area contributed by atoms with E-state index in [1.54, 1.807) is 14.0 Å². The third-order valence-electron chi connectivity index (χ3n) is 1.78. The number of halogens is 1. The van der Waals surface area contributed by atoms with Gasteiger partial charge >= 0.3 is 0 Å². The second-order valence-corrected chi connectivity index (χ2v) is 3.75. The Morgan fingerprint density at radius 1 is 1.64 bits per heavy atom. The van der Waals surface area contributed by atoms with Gasteiger partial charge in [0.2, 0.25) is 0 Å². The number of ether oxygens (including phenoxy) is 1. The highest BCUT2D eigenvalue weighted by Crippen LogP contribution is 2.19. The van der Waals surface area contributed by atoms with E-state index in [9.17, 15) is 4.79 Å². The van der Waals surface area contributed by atoms with E-state index in [0.717, 1.165) is 10.8 Å². The van der Waals surface area contributed by atoms with Crippen LogP contribution in [0.1, 0.15) is 26.7 Å². The normalized spacial score (nSPS) is 16.0. The van der Waals surface area contributed by atoms with Crippen molar-refractivity contribution in [1.29, 1.82) is 0 Å². The molecular weight excluding hydrogens is 255 g/mol. The standard InChI is InChI=1S/C8H15IO2/c1-7(10)4-5-8(2,6-9)11-3/h4-6H2,1-3H3. The summed E-state index contributed by atoms with van der Waals surface area (Å²) < 4.78 is 6.20. The maximum atomic E-state index is 10.7. The van der Waals surface area contributed by atoms with Crippen LogP contribution in [0.4, 0.5) is 0 Å². The minimum atomic E-state index is -0.119. The van der Waals surface area contributed by atoms with E-state index in [0.29, 0.717) is 6.42 Å². The summed E-state index contributed by atoms with van der Waals surface area (Å²) >= 11 is 2.28. The van der Waals surface area contributed by atoms with E-state index < -0.39 is 0 Å². The highest BCUT2D eigenvalue weighted by molar-refractivity contribution is 14.1. The molecule has 0 N–H and O–H groups in total. The Hall–Kier alpha value is 0.360. The number of carbonyl (C=O) groups is 1. The van der Waals surface area contributed by atoms with Gasteiger partial charge in [0.05, 0.1) is 5.60 Å². The third-order valence-corrected chi connectivity index (χ3v) is 3.39. The van der Waals surface area contributed by atoms with Crippen molar-refractivity contribution in [2.75, 3.05) is 11.5 Å². The molecule has 0 aromatic heterocycles. The highest BCUT2D eigenvalue weighted by atomic mass is 127. The van der Waals surface area contributed by atoms with Crippen molar-refractivity contribution in [2.24, 2.45) is 0 Å². The molecule has 0 radical (unpaired) electrons. The first-order valence-electron chi connectivity index (χ1n) is 3.64. The molecule has 0 amide bonds. The maximum absolute atomic E-state index is 10.7. The van der Waals surface area contributed by atoms with Crippen LogP contribution in [0.2, 0.25) is 0 Å². The molecule has 3 heteroatoms. The van der Waals surface area contributed by atoms with Crippen LogP contribution in [-0.2, 0) is 9.53 Å². The summed E-state index contributed by atoms with van der Waals surface area (Å²) in [5, 5.41) is 0. The van der Waals surface area contributed by atoms with Crippen LogP contribution < -0.4 is 0 Å². The second kappa shape index (κ2) is 5.09. The summed E-state index contributed by atoms with van der Waals surface area (Å²) in [6.07, 6.45) is 1.44. The minimum Gasteiger partial charge on any atom is -0.378 e. The summed E-state index contributed by atoms with van der Waals surface area (Å²) in [4.78, 5) is 10.7. The lowest BCUT2D eigenvalue weighted by molar-refractivity contribution is -0.118. The topological polar surface area (TPSA) is 26.3 Å². The molecule has 0 saturated carbocycles. The fourth-order valence-electron chi connectivity index (χ4n) is 0.664. The number of hydrogen-bond acceptors (Lipinski definition) is 2. The molecule has 66 valence electrons. The van der Waals surface area contributed by atoms with Crippen LogP contribution in [0, 0.1) is 0 Å². The summed E-state index contributed by atoms with van der Waals surface area (Å²) in [5.74, 6) is 0.234. The lowest BCUT2D eigenvalue weighted by atomic mass is 10.0. The molecule has 1 unspecified atom stereocenters. The Bertz CT molecular complexity index is 130. The Balaban J connectivity index is 3.78. The molecule has 11 heavy (non-hydrogen) atoms. The first-order chi connectivity index (χ1) is 5.04. The number of rotatable bonds is 5. The fourth-order valence-corrected chi connectivity index (χ4v) is 1.36. The highest BCUT2D eigenvalue weighted by Gasteiger charge is 2.21. The fraction of sp³-hybridized carbons (Fsp3) is 0.875. The molecular formula is C8H15IO2. The summed E-state index contributed by atoms with van der Waals surface area (Å²) in [7, 11) is 1.69. The van der Waals surface area contributed by atoms with Gasteiger partial charge in [0, 0.05) is 18.0 Å². The lowest BCUT2D eigenvalue weighted by Gasteiger charge is -2.24. The van der Waals surface area contributed by atoms with Gasteiger partial charge in [-0.25, -0.2) is 0 Å². The molecule has 0 aliphatic rings. The Morgan fingerprint density at radius 3 is 2.45 bits per heavy atom. The zero-order valence-corrected chi connectivity index (χ0v) is 9.47. The van der Waals surface area contributed by atoms with Gasteiger partial charge in [-0.2, -0.15) is 0 Å². The van der Waals surface area contributed by atoms with Crippen molar-refractivity contribution in [3.8, 4) is 0 Å². The van der Waals surface area contributed by atoms with E-state index >= 15 is 0 Å². The number of Topliss-reactive ketones (excluding diaryl/α,β-unsaturated/α-hetero) is 1. The van der Waals surface area contributed by atoms with Crippen LogP contribution >= 0.6 is 22.6 Å². The van der Waals surface area contributed by atoms with Gasteiger partial charge in [-0.05, 0) is 20.3 Å². The molecule has 2 nitrogen and oxygen atoms in total. The number of alkyl halides is 1. The molecule has 0 aliphatic heterocycles. The average molecular weight is 270 g/mol. The van der Waals surface area contributed by atoms with Gasteiger partial charge in [0.15, 0.2) is 0 Å². The van der Waals surface area contributed by atoms with Crippen molar-refractivity contribution >= 4 is 28.4 Å². The average Bonchev–Trinajstić information content (AvgIpc) is 2.00. The largest absolute Gasteiger partial charge is 0.378 e. The number of hydrogen-bond donors (Lipinski definition) is 0. The van der Waals surface area contributed by atoms with Crippen LogP contribution in [0.25, 0.3) is 0 Å². The molecule has 0 aromatic carbocycles. The lowest BCUT2D eigenvalue weighted by Crippen LogP contribution is -2.29. The van der Waals surface area contributed by atoms with E-state index in [-0.39, 0.29) is 11.4 Å². The maximum Gasteiger partial charge on any atom is 0.129 e. The molecule has 0 aromatic rings. The molecule has 1 atom stereocenters. The van der Waals surface area contributed by atoms with E-state index in [1.807, 2.05) is 6.92 Å². The van der Waals surface area contributed by atoms with Gasteiger partial charge in [-0.3, -0.25) is 0 Å². The van der Waals surface area contributed by atoms with E-state index in [1.165, 1.54) is 0 Å². The summed E-state index contributed by atoms with van der Waals surface area (Å²) in [5.41, 5.74) is -0.119. The van der Waals surface area contributed by atoms with Gasteiger partial charge in [-0.1, -0.05) is 22.6 Å². The number of ketones is 1. The predicted octanol–water partition coefficient (Wildman–Crippen LogP) is 2.20. The van der Waals surface area contributed by atoms with E-state index in [4.69, 9.17) is 4.74 Å². The van der Waals surface area contributed by atoms with Crippen LogP contribution in [0.15, 0.2) is 0 Å². The number of methoxy groups -OCH3 is 1. The van der Waals surface area contributed by atoms with Crippen LogP contribution in [-0.4, -0.2) is 22.9 Å².